The molecule has 122 valence electrons. The second-order valence-electron chi connectivity index (χ2n) is 4.97. The molecule has 0 radical (unpaired) electrons. The van der Waals surface area contributed by atoms with E-state index in [4.69, 9.17) is 16.7 Å². The van der Waals surface area contributed by atoms with E-state index < -0.39 is 12.1 Å². The number of carboxylic acid groups (broad SMARTS) is 1. The predicted octanol–water partition coefficient (Wildman–Crippen LogP) is 2.40. The van der Waals surface area contributed by atoms with Gasteiger partial charge < -0.3 is 20.8 Å². The Morgan fingerprint density at radius 1 is 1.26 bits per heavy atom. The van der Waals surface area contributed by atoms with Crippen LogP contribution in [0.5, 0.6) is 0 Å². The summed E-state index contributed by atoms with van der Waals surface area (Å²) < 4.78 is 0. The lowest BCUT2D eigenvalue weighted by Gasteiger charge is -2.16. The summed E-state index contributed by atoms with van der Waals surface area (Å²) in [7, 11) is 0. The number of aliphatic hydroxyl groups excluding tert-OH is 1. The first-order chi connectivity index (χ1) is 11.1. The number of aromatic nitrogens is 1. The van der Waals surface area contributed by atoms with Crippen molar-refractivity contribution in [3.05, 3.63) is 53.9 Å². The molecule has 0 bridgehead atoms. The Kier molecular flexibility index (Phi) is 6.19. The van der Waals surface area contributed by atoms with Gasteiger partial charge in [0.2, 0.25) is 0 Å². The molecule has 0 aliphatic heterocycles. The van der Waals surface area contributed by atoms with E-state index in [0.29, 0.717) is 12.2 Å². The third kappa shape index (κ3) is 5.12. The van der Waals surface area contributed by atoms with E-state index in [2.05, 4.69) is 15.6 Å². The van der Waals surface area contributed by atoms with Crippen LogP contribution in [0.25, 0.3) is 0 Å². The molecule has 0 aliphatic carbocycles. The topological polar surface area (TPSA) is 94.5 Å². The van der Waals surface area contributed by atoms with Crippen molar-refractivity contribution >= 4 is 28.9 Å². The summed E-state index contributed by atoms with van der Waals surface area (Å²) in [5, 5.41) is 24.9. The third-order valence-electron chi connectivity index (χ3n) is 3.18. The lowest BCUT2D eigenvalue weighted by atomic mass is 10.1. The number of hydrogen-bond acceptors (Lipinski definition) is 5. The fraction of sp³-hybridized carbons (Fsp3) is 0.250. The molecule has 7 heteroatoms. The molecule has 6 nitrogen and oxygen atoms in total. The molecule has 0 amide bonds. The molecule has 0 fully saturated rings. The van der Waals surface area contributed by atoms with E-state index in [0.717, 1.165) is 11.3 Å². The highest BCUT2D eigenvalue weighted by molar-refractivity contribution is 6.18. The number of carboxylic acids is 1. The zero-order chi connectivity index (χ0) is 16.7. The van der Waals surface area contributed by atoms with Crippen LogP contribution in [0.2, 0.25) is 0 Å². The molecule has 1 aromatic heterocycles. The van der Waals surface area contributed by atoms with Gasteiger partial charge in [0.25, 0.3) is 0 Å². The van der Waals surface area contributed by atoms with Crippen molar-refractivity contribution in [3.8, 4) is 0 Å². The first-order valence-corrected chi connectivity index (χ1v) is 7.61. The van der Waals surface area contributed by atoms with Crippen molar-refractivity contribution in [2.45, 2.75) is 12.6 Å². The van der Waals surface area contributed by atoms with Crippen LogP contribution in [0.4, 0.5) is 11.4 Å². The standard InChI is InChI=1S/C16H18ClN3O3/c17-7-13(21)10-20-15-6-12(16(22)23)3-4-14(15)19-9-11-2-1-5-18-8-11/h1-6,8,13,19-21H,7,9-10H2,(H,22,23). The number of alkyl halides is 1. The van der Waals surface area contributed by atoms with Gasteiger partial charge in [-0.2, -0.15) is 0 Å². The zero-order valence-electron chi connectivity index (χ0n) is 12.4. The number of aliphatic hydroxyl groups is 1. The Balaban J connectivity index is 2.14. The highest BCUT2D eigenvalue weighted by atomic mass is 35.5. The van der Waals surface area contributed by atoms with Gasteiger partial charge in [0.05, 0.1) is 28.9 Å². The second-order valence-corrected chi connectivity index (χ2v) is 5.28. The second kappa shape index (κ2) is 8.36. The highest BCUT2D eigenvalue weighted by Gasteiger charge is 2.10. The lowest BCUT2D eigenvalue weighted by Crippen LogP contribution is -2.21. The molecule has 4 N–H and O–H groups in total. The minimum absolute atomic E-state index is 0.101. The maximum Gasteiger partial charge on any atom is 0.335 e. The molecule has 0 aliphatic rings. The van der Waals surface area contributed by atoms with Crippen LogP contribution in [-0.4, -0.2) is 39.7 Å². The molecular formula is C16H18ClN3O3. The summed E-state index contributed by atoms with van der Waals surface area (Å²) >= 11 is 5.57. The van der Waals surface area contributed by atoms with Crippen molar-refractivity contribution in [2.75, 3.05) is 23.1 Å². The summed E-state index contributed by atoms with van der Waals surface area (Å²) in [6, 6.07) is 8.53. The van der Waals surface area contributed by atoms with Gasteiger partial charge in [0, 0.05) is 25.5 Å². The van der Waals surface area contributed by atoms with Gasteiger partial charge in [0.15, 0.2) is 0 Å². The van der Waals surface area contributed by atoms with E-state index >= 15 is 0 Å². The van der Waals surface area contributed by atoms with Crippen molar-refractivity contribution in [2.24, 2.45) is 0 Å². The van der Waals surface area contributed by atoms with E-state index in [1.54, 1.807) is 18.5 Å². The molecule has 0 saturated heterocycles. The Labute approximate surface area is 139 Å². The highest BCUT2D eigenvalue weighted by Crippen LogP contribution is 2.24. The Morgan fingerprint density at radius 3 is 2.74 bits per heavy atom. The maximum absolute atomic E-state index is 11.1. The first-order valence-electron chi connectivity index (χ1n) is 7.08. The molecule has 2 aromatic rings. The Morgan fingerprint density at radius 2 is 2.09 bits per heavy atom. The van der Waals surface area contributed by atoms with E-state index in [1.807, 2.05) is 12.1 Å². The Bertz CT molecular complexity index is 652. The largest absolute Gasteiger partial charge is 0.478 e. The van der Waals surface area contributed by atoms with E-state index in [9.17, 15) is 9.90 Å². The van der Waals surface area contributed by atoms with Crippen LogP contribution in [0.1, 0.15) is 15.9 Å². The molecule has 1 atom stereocenters. The first kappa shape index (κ1) is 17.1. The molecule has 1 unspecified atom stereocenters. The monoisotopic (exact) mass is 335 g/mol. The number of anilines is 2. The quantitative estimate of drug-likeness (QED) is 0.553. The minimum atomic E-state index is -1.01. The van der Waals surface area contributed by atoms with Gasteiger partial charge in [-0.1, -0.05) is 6.07 Å². The van der Waals surface area contributed by atoms with Gasteiger partial charge in [-0.3, -0.25) is 4.98 Å². The summed E-state index contributed by atoms with van der Waals surface area (Å²) in [5.41, 5.74) is 2.50. The van der Waals surface area contributed by atoms with Crippen molar-refractivity contribution in [1.82, 2.24) is 4.98 Å². The van der Waals surface area contributed by atoms with Crippen LogP contribution < -0.4 is 10.6 Å². The van der Waals surface area contributed by atoms with Gasteiger partial charge in [0.1, 0.15) is 0 Å². The molecule has 0 spiro atoms. The number of pyridine rings is 1. The van der Waals surface area contributed by atoms with Crippen molar-refractivity contribution in [1.29, 1.82) is 0 Å². The number of carbonyl (C=O) groups is 1. The molecule has 23 heavy (non-hydrogen) atoms. The maximum atomic E-state index is 11.1. The average molecular weight is 336 g/mol. The number of nitrogens with one attached hydrogen (secondary N) is 2. The summed E-state index contributed by atoms with van der Waals surface area (Å²) in [6.45, 7) is 0.779. The summed E-state index contributed by atoms with van der Waals surface area (Å²) in [6.07, 6.45) is 2.74. The summed E-state index contributed by atoms with van der Waals surface area (Å²) in [4.78, 5) is 15.2. The fourth-order valence-corrected chi connectivity index (χ4v) is 2.07. The third-order valence-corrected chi connectivity index (χ3v) is 3.53. The fourth-order valence-electron chi connectivity index (χ4n) is 1.96. The molecule has 2 rings (SSSR count). The van der Waals surface area contributed by atoms with Gasteiger partial charge in [-0.25, -0.2) is 4.79 Å². The molecule has 1 heterocycles. The number of rotatable bonds is 8. The van der Waals surface area contributed by atoms with Crippen LogP contribution in [0.3, 0.4) is 0 Å². The average Bonchev–Trinajstić information content (AvgIpc) is 2.58. The van der Waals surface area contributed by atoms with Crippen molar-refractivity contribution < 1.29 is 15.0 Å². The van der Waals surface area contributed by atoms with Crippen molar-refractivity contribution in [3.63, 3.8) is 0 Å². The van der Waals surface area contributed by atoms with Crippen LogP contribution in [-0.2, 0) is 6.54 Å². The number of nitrogens with zero attached hydrogens (tertiary/aromatic N) is 1. The van der Waals surface area contributed by atoms with Crippen LogP contribution >= 0.6 is 11.6 Å². The van der Waals surface area contributed by atoms with E-state index in [-0.39, 0.29) is 18.0 Å². The van der Waals surface area contributed by atoms with Gasteiger partial charge in [-0.15, -0.1) is 11.6 Å². The smallest absolute Gasteiger partial charge is 0.335 e. The molecule has 1 aromatic carbocycles. The van der Waals surface area contributed by atoms with E-state index in [1.165, 1.54) is 12.1 Å². The Hall–Kier alpha value is -2.31. The number of benzene rings is 1. The summed E-state index contributed by atoms with van der Waals surface area (Å²) in [5.74, 6) is -0.908. The zero-order valence-corrected chi connectivity index (χ0v) is 13.1. The van der Waals surface area contributed by atoms with Gasteiger partial charge >= 0.3 is 5.97 Å². The molecule has 0 saturated carbocycles. The minimum Gasteiger partial charge on any atom is -0.478 e. The lowest BCUT2D eigenvalue weighted by molar-refractivity contribution is 0.0697. The number of halogens is 1. The van der Waals surface area contributed by atoms with Crippen LogP contribution in [0, 0.1) is 0 Å². The SMILES string of the molecule is O=C(O)c1ccc(NCc2cccnc2)c(NCC(O)CCl)c1. The predicted molar refractivity (Wildman–Crippen MR) is 90.2 cm³/mol. The van der Waals surface area contributed by atoms with Crippen LogP contribution in [0.15, 0.2) is 42.7 Å². The molecular weight excluding hydrogens is 318 g/mol. The number of hydrogen-bond donors (Lipinski definition) is 4. The normalized spacial score (nSPS) is 11.7. The number of aromatic carboxylic acids is 1. The van der Waals surface area contributed by atoms with Gasteiger partial charge in [-0.05, 0) is 29.8 Å².